The first-order valence-electron chi connectivity index (χ1n) is 12.0. The molecule has 0 aliphatic carbocycles. The Morgan fingerprint density at radius 1 is 0.800 bits per heavy atom. The minimum absolute atomic E-state index is 0.110. The molecule has 0 saturated heterocycles. The number of rotatable bonds is 6. The number of hydrogen-bond donors (Lipinski definition) is 2. The summed E-state index contributed by atoms with van der Waals surface area (Å²) in [6, 6.07) is 15.1. The van der Waals surface area contributed by atoms with Crippen LogP contribution in [0.15, 0.2) is 60.7 Å². The number of aryl methyl sites for hydroxylation is 2. The monoisotopic (exact) mass is 600 g/mol. The Kier molecular flexibility index (Phi) is 8.88. The molecule has 0 radical (unpaired) electrons. The highest BCUT2D eigenvalue weighted by molar-refractivity contribution is 6.37. The van der Waals surface area contributed by atoms with Crippen LogP contribution in [-0.4, -0.2) is 11.9 Å². The van der Waals surface area contributed by atoms with E-state index < -0.39 is 23.3 Å². The van der Waals surface area contributed by atoms with Crippen molar-refractivity contribution < 1.29 is 23.5 Å². The van der Waals surface area contributed by atoms with Crippen LogP contribution in [0, 0.1) is 33.5 Å². The quantitative estimate of drug-likeness (QED) is 0.231. The van der Waals surface area contributed by atoms with Gasteiger partial charge in [-0.1, -0.05) is 58.6 Å². The number of benzene rings is 4. The maximum atomic E-state index is 13.9. The predicted molar refractivity (Wildman–Crippen MR) is 156 cm³/mol. The number of ether oxygens (including phenoxy) is 2. The normalized spacial score (nSPS) is 10.7. The second kappa shape index (κ2) is 12.2. The fourth-order valence-corrected chi connectivity index (χ4v) is 4.68. The fourth-order valence-electron chi connectivity index (χ4n) is 3.90. The molecule has 0 heterocycles. The predicted octanol–water partition coefficient (Wildman–Crippen LogP) is 9.57. The summed E-state index contributed by atoms with van der Waals surface area (Å²) in [5.41, 5.74) is 3.22. The fraction of sp³-hybridized carbons (Fsp3) is 0.133. The SMILES string of the molecule is Cc1ccc(Oc2c(C)c(Cl)c(Oc3ccc(NC(=O)NC(=O)c4c(F)cccc4Cl)cc3)c(C)c2Cl)c(C)c1. The zero-order valence-corrected chi connectivity index (χ0v) is 24.2. The summed E-state index contributed by atoms with van der Waals surface area (Å²) < 4.78 is 26.1. The molecule has 10 heteroatoms. The van der Waals surface area contributed by atoms with E-state index in [1.807, 2.05) is 37.4 Å². The lowest BCUT2D eigenvalue weighted by Gasteiger charge is -2.19. The van der Waals surface area contributed by atoms with Crippen LogP contribution in [0.3, 0.4) is 0 Å². The highest BCUT2D eigenvalue weighted by Crippen LogP contribution is 2.47. The van der Waals surface area contributed by atoms with Crippen LogP contribution in [0.4, 0.5) is 14.9 Å². The molecule has 4 aromatic rings. The zero-order chi connectivity index (χ0) is 29.1. The van der Waals surface area contributed by atoms with E-state index in [2.05, 4.69) is 5.32 Å². The third kappa shape index (κ3) is 6.33. The van der Waals surface area contributed by atoms with E-state index in [1.54, 1.807) is 38.1 Å². The summed E-state index contributed by atoms with van der Waals surface area (Å²) >= 11 is 19.2. The number of carbonyl (C=O) groups excluding carboxylic acids is 2. The number of hydrogen-bond acceptors (Lipinski definition) is 4. The lowest BCUT2D eigenvalue weighted by molar-refractivity contribution is 0.0963. The van der Waals surface area contributed by atoms with Gasteiger partial charge >= 0.3 is 6.03 Å². The topological polar surface area (TPSA) is 76.7 Å². The second-order valence-corrected chi connectivity index (χ2v) is 10.2. The van der Waals surface area contributed by atoms with Gasteiger partial charge in [0.05, 0.1) is 20.6 Å². The molecule has 0 spiro atoms. The molecular formula is C30H24Cl3FN2O4. The minimum atomic E-state index is -0.970. The van der Waals surface area contributed by atoms with Crippen molar-refractivity contribution in [2.75, 3.05) is 5.32 Å². The first-order chi connectivity index (χ1) is 19.0. The highest BCUT2D eigenvalue weighted by atomic mass is 35.5. The standard InChI is InChI=1S/C30H24Cl3FN2O4/c1-15-8-13-23(16(2)14-15)40-28-18(4)25(32)27(17(3)26(28)33)39-20-11-9-19(10-12-20)35-30(38)36-29(37)24-21(31)6-5-7-22(24)34/h5-14H,1-4H3,(H2,35,36,37,38). The Morgan fingerprint density at radius 2 is 1.43 bits per heavy atom. The van der Waals surface area contributed by atoms with Gasteiger partial charge in [-0.3, -0.25) is 10.1 Å². The lowest BCUT2D eigenvalue weighted by atomic mass is 10.1. The summed E-state index contributed by atoms with van der Waals surface area (Å²) in [5, 5.41) is 5.14. The molecule has 4 rings (SSSR count). The molecule has 2 N–H and O–H groups in total. The molecule has 4 aromatic carbocycles. The van der Waals surface area contributed by atoms with E-state index in [4.69, 9.17) is 44.3 Å². The average molecular weight is 602 g/mol. The van der Waals surface area contributed by atoms with Gasteiger partial charge in [0.2, 0.25) is 0 Å². The van der Waals surface area contributed by atoms with Crippen LogP contribution in [0.5, 0.6) is 23.0 Å². The van der Waals surface area contributed by atoms with Gasteiger partial charge in [0.25, 0.3) is 5.91 Å². The lowest BCUT2D eigenvalue weighted by Crippen LogP contribution is -2.35. The van der Waals surface area contributed by atoms with E-state index in [-0.39, 0.29) is 5.02 Å². The van der Waals surface area contributed by atoms with E-state index in [0.29, 0.717) is 49.9 Å². The smallest absolute Gasteiger partial charge is 0.326 e. The molecule has 0 unspecified atom stereocenters. The maximum Gasteiger partial charge on any atom is 0.326 e. The van der Waals surface area contributed by atoms with Crippen LogP contribution in [0.25, 0.3) is 0 Å². The van der Waals surface area contributed by atoms with Gasteiger partial charge in [-0.2, -0.15) is 0 Å². The summed E-state index contributed by atoms with van der Waals surface area (Å²) in [6.07, 6.45) is 0. The second-order valence-electron chi connectivity index (χ2n) is 9.04. The molecule has 0 fully saturated rings. The zero-order valence-electron chi connectivity index (χ0n) is 21.9. The summed E-state index contributed by atoms with van der Waals surface area (Å²) in [5.74, 6) is 0.0915. The molecule has 0 aliphatic rings. The molecule has 0 bridgehead atoms. The van der Waals surface area contributed by atoms with Crippen LogP contribution >= 0.6 is 34.8 Å². The Balaban J connectivity index is 1.47. The van der Waals surface area contributed by atoms with Crippen molar-refractivity contribution in [2.24, 2.45) is 0 Å². The molecule has 6 nitrogen and oxygen atoms in total. The van der Waals surface area contributed by atoms with Crippen molar-refractivity contribution in [3.05, 3.63) is 109 Å². The molecule has 40 heavy (non-hydrogen) atoms. The Labute approximate surface area is 246 Å². The van der Waals surface area contributed by atoms with Gasteiger partial charge in [-0.15, -0.1) is 0 Å². The highest BCUT2D eigenvalue weighted by Gasteiger charge is 2.22. The van der Waals surface area contributed by atoms with Gasteiger partial charge in [0, 0.05) is 16.8 Å². The van der Waals surface area contributed by atoms with Crippen molar-refractivity contribution in [2.45, 2.75) is 27.7 Å². The number of halogens is 4. The minimum Gasteiger partial charge on any atom is -0.455 e. The van der Waals surface area contributed by atoms with Gasteiger partial charge in [-0.05, 0) is 75.7 Å². The summed E-state index contributed by atoms with van der Waals surface area (Å²) in [7, 11) is 0. The van der Waals surface area contributed by atoms with Gasteiger partial charge in [0.1, 0.15) is 17.3 Å². The summed E-state index contributed by atoms with van der Waals surface area (Å²) in [4.78, 5) is 24.5. The number of amides is 3. The van der Waals surface area contributed by atoms with Gasteiger partial charge < -0.3 is 14.8 Å². The van der Waals surface area contributed by atoms with Crippen LogP contribution < -0.4 is 20.1 Å². The van der Waals surface area contributed by atoms with Crippen molar-refractivity contribution in [3.63, 3.8) is 0 Å². The number of nitrogens with one attached hydrogen (secondary N) is 2. The molecular weight excluding hydrogens is 578 g/mol. The molecule has 0 aliphatic heterocycles. The van der Waals surface area contributed by atoms with E-state index in [0.717, 1.165) is 17.2 Å². The molecule has 3 amide bonds. The van der Waals surface area contributed by atoms with Crippen LogP contribution in [0.2, 0.25) is 15.1 Å². The Bertz CT molecular complexity index is 1580. The van der Waals surface area contributed by atoms with Crippen LogP contribution in [-0.2, 0) is 0 Å². The third-order valence-corrected chi connectivity index (χ3v) is 7.26. The van der Waals surface area contributed by atoms with Crippen molar-refractivity contribution in [3.8, 4) is 23.0 Å². The number of anilines is 1. The number of imide groups is 1. The van der Waals surface area contributed by atoms with E-state index in [1.165, 1.54) is 12.1 Å². The van der Waals surface area contributed by atoms with Gasteiger partial charge in [0.15, 0.2) is 11.5 Å². The van der Waals surface area contributed by atoms with E-state index in [9.17, 15) is 14.0 Å². The average Bonchev–Trinajstić information content (AvgIpc) is 2.90. The largest absolute Gasteiger partial charge is 0.455 e. The van der Waals surface area contributed by atoms with Crippen LogP contribution in [0.1, 0.15) is 32.6 Å². The molecule has 0 saturated carbocycles. The first-order valence-corrected chi connectivity index (χ1v) is 13.2. The van der Waals surface area contributed by atoms with Crippen molar-refractivity contribution >= 4 is 52.4 Å². The molecule has 0 aromatic heterocycles. The Morgan fingerprint density at radius 3 is 2.02 bits per heavy atom. The van der Waals surface area contributed by atoms with Gasteiger partial charge in [-0.25, -0.2) is 9.18 Å². The van der Waals surface area contributed by atoms with Crippen molar-refractivity contribution in [1.29, 1.82) is 0 Å². The number of carbonyl (C=O) groups is 2. The third-order valence-electron chi connectivity index (χ3n) is 6.03. The van der Waals surface area contributed by atoms with E-state index >= 15 is 0 Å². The molecule has 0 atom stereocenters. The maximum absolute atomic E-state index is 13.9. The van der Waals surface area contributed by atoms with Crippen molar-refractivity contribution in [1.82, 2.24) is 5.32 Å². The number of urea groups is 1. The Hall–Kier alpha value is -3.78. The first kappa shape index (κ1) is 29.2. The molecule has 206 valence electrons. The summed E-state index contributed by atoms with van der Waals surface area (Å²) in [6.45, 7) is 7.53.